The second-order valence-corrected chi connectivity index (χ2v) is 5.37. The molecule has 0 aromatic carbocycles. The zero-order chi connectivity index (χ0) is 14.4. The summed E-state index contributed by atoms with van der Waals surface area (Å²) in [7, 11) is 0. The number of azide groups is 1. The molecule has 2 aliphatic rings. The maximum Gasteiger partial charge on any atom is 0.328 e. The molecule has 0 aliphatic carbocycles. The number of ether oxygens (including phenoxy) is 1. The maximum atomic E-state index is 12.4. The molecule has 2 fully saturated rings. The van der Waals surface area contributed by atoms with E-state index in [0.29, 0.717) is 19.7 Å². The van der Waals surface area contributed by atoms with Gasteiger partial charge >= 0.3 is 5.97 Å². The van der Waals surface area contributed by atoms with Crippen molar-refractivity contribution in [3.05, 3.63) is 10.4 Å². The van der Waals surface area contributed by atoms with E-state index in [9.17, 15) is 4.79 Å². The molecule has 20 heavy (non-hydrogen) atoms. The molecule has 7 heteroatoms. The zero-order valence-electron chi connectivity index (χ0n) is 12.0. The average molecular weight is 281 g/mol. The molecule has 2 rings (SSSR count). The monoisotopic (exact) mass is 281 g/mol. The van der Waals surface area contributed by atoms with E-state index in [4.69, 9.17) is 10.3 Å². The molecular formula is C13H23N5O2. The highest BCUT2D eigenvalue weighted by Crippen LogP contribution is 2.37. The molecule has 1 N–H and O–H groups in total. The van der Waals surface area contributed by atoms with Gasteiger partial charge in [0.05, 0.1) is 6.61 Å². The van der Waals surface area contributed by atoms with E-state index >= 15 is 0 Å². The summed E-state index contributed by atoms with van der Waals surface area (Å²) in [5.74, 6) is -0.127. The van der Waals surface area contributed by atoms with Gasteiger partial charge in [-0.3, -0.25) is 4.90 Å². The Morgan fingerprint density at radius 1 is 1.60 bits per heavy atom. The first-order chi connectivity index (χ1) is 9.74. The van der Waals surface area contributed by atoms with Gasteiger partial charge in [0.2, 0.25) is 0 Å². The third-order valence-corrected chi connectivity index (χ3v) is 4.30. The number of rotatable bonds is 7. The van der Waals surface area contributed by atoms with Crippen LogP contribution in [0.15, 0.2) is 5.11 Å². The van der Waals surface area contributed by atoms with Crippen molar-refractivity contribution in [3.63, 3.8) is 0 Å². The van der Waals surface area contributed by atoms with E-state index in [-0.39, 0.29) is 12.0 Å². The van der Waals surface area contributed by atoms with Crippen molar-refractivity contribution >= 4 is 5.97 Å². The lowest BCUT2D eigenvalue weighted by atomic mass is 9.88. The van der Waals surface area contributed by atoms with Crippen LogP contribution in [0.3, 0.4) is 0 Å². The number of esters is 1. The fourth-order valence-corrected chi connectivity index (χ4v) is 3.42. The molecular weight excluding hydrogens is 258 g/mol. The summed E-state index contributed by atoms with van der Waals surface area (Å²) in [4.78, 5) is 17.6. The first-order valence-electron chi connectivity index (χ1n) is 7.41. The van der Waals surface area contributed by atoms with E-state index in [1.54, 1.807) is 0 Å². The van der Waals surface area contributed by atoms with E-state index < -0.39 is 5.54 Å². The molecule has 112 valence electrons. The minimum Gasteiger partial charge on any atom is -0.465 e. The van der Waals surface area contributed by atoms with Gasteiger partial charge in [-0.25, -0.2) is 4.79 Å². The third kappa shape index (κ3) is 2.90. The number of hydrogen-bond acceptors (Lipinski definition) is 5. The zero-order valence-corrected chi connectivity index (χ0v) is 12.0. The molecule has 7 nitrogen and oxygen atoms in total. The number of hydrogen-bond donors (Lipinski definition) is 1. The van der Waals surface area contributed by atoms with E-state index in [1.807, 2.05) is 6.92 Å². The Hall–Kier alpha value is -1.30. The summed E-state index contributed by atoms with van der Waals surface area (Å²) in [6.45, 7) is 5.40. The Bertz CT molecular complexity index is 396. The predicted molar refractivity (Wildman–Crippen MR) is 75.2 cm³/mol. The molecule has 2 atom stereocenters. The Balaban J connectivity index is 2.01. The van der Waals surface area contributed by atoms with Gasteiger partial charge in [0.25, 0.3) is 0 Å². The van der Waals surface area contributed by atoms with Gasteiger partial charge < -0.3 is 10.1 Å². The van der Waals surface area contributed by atoms with Gasteiger partial charge in [0.1, 0.15) is 5.54 Å². The van der Waals surface area contributed by atoms with Gasteiger partial charge in [-0.15, -0.1) is 0 Å². The van der Waals surface area contributed by atoms with Crippen LogP contribution in [0.25, 0.3) is 10.4 Å². The highest BCUT2D eigenvalue weighted by Gasteiger charge is 2.54. The van der Waals surface area contributed by atoms with Gasteiger partial charge in [0, 0.05) is 24.0 Å². The van der Waals surface area contributed by atoms with Gasteiger partial charge in [-0.1, -0.05) is 5.11 Å². The molecule has 2 unspecified atom stereocenters. The molecule has 2 heterocycles. The fourth-order valence-electron chi connectivity index (χ4n) is 3.42. The van der Waals surface area contributed by atoms with Crippen LogP contribution < -0.4 is 5.32 Å². The van der Waals surface area contributed by atoms with Crippen LogP contribution in [0.1, 0.15) is 32.6 Å². The summed E-state index contributed by atoms with van der Waals surface area (Å²) < 4.78 is 5.31. The molecule has 0 aromatic heterocycles. The molecule has 0 spiro atoms. The van der Waals surface area contributed by atoms with Crippen LogP contribution in [0.4, 0.5) is 0 Å². The first-order valence-corrected chi connectivity index (χ1v) is 7.41. The molecule has 0 saturated carbocycles. The number of carbonyl (C=O) groups is 1. The normalized spacial score (nSPS) is 28.9. The van der Waals surface area contributed by atoms with Crippen LogP contribution in [-0.2, 0) is 9.53 Å². The van der Waals surface area contributed by atoms with E-state index in [2.05, 4.69) is 20.2 Å². The highest BCUT2D eigenvalue weighted by molar-refractivity contribution is 5.82. The van der Waals surface area contributed by atoms with Crippen molar-refractivity contribution in [2.75, 3.05) is 32.8 Å². The maximum absolute atomic E-state index is 12.4. The Kier molecular flexibility index (Phi) is 5.23. The first kappa shape index (κ1) is 15.1. The minimum absolute atomic E-state index is 0.127. The van der Waals surface area contributed by atoms with Crippen molar-refractivity contribution in [1.82, 2.24) is 10.2 Å². The van der Waals surface area contributed by atoms with Crippen molar-refractivity contribution in [2.45, 2.75) is 44.2 Å². The quantitative estimate of drug-likeness (QED) is 0.251. The van der Waals surface area contributed by atoms with Crippen molar-refractivity contribution in [3.8, 4) is 0 Å². The highest BCUT2D eigenvalue weighted by atomic mass is 16.5. The number of fused-ring (bicyclic) bond motifs is 1. The van der Waals surface area contributed by atoms with Crippen LogP contribution >= 0.6 is 0 Å². The molecule has 0 bridgehead atoms. The average Bonchev–Trinajstić information content (AvgIpc) is 3.02. The third-order valence-electron chi connectivity index (χ3n) is 4.30. The van der Waals surface area contributed by atoms with Crippen molar-refractivity contribution in [1.29, 1.82) is 0 Å². The standard InChI is InChI=1S/C13H23N5O2/c1-2-20-12(19)13(15-7-4-8-16-17-14)6-10-18-9-3-5-11(13)18/h11,15H,2-10H2,1H3. The Morgan fingerprint density at radius 2 is 2.45 bits per heavy atom. The summed E-state index contributed by atoms with van der Waals surface area (Å²) in [6.07, 6.45) is 3.73. The number of carbonyl (C=O) groups excluding carboxylic acids is 1. The molecule has 2 aliphatic heterocycles. The summed E-state index contributed by atoms with van der Waals surface area (Å²) in [5.41, 5.74) is 7.70. The van der Waals surface area contributed by atoms with Crippen LogP contribution in [0.5, 0.6) is 0 Å². The topological polar surface area (TPSA) is 90.3 Å². The van der Waals surface area contributed by atoms with Crippen molar-refractivity contribution < 1.29 is 9.53 Å². The van der Waals surface area contributed by atoms with Crippen molar-refractivity contribution in [2.24, 2.45) is 5.11 Å². The van der Waals surface area contributed by atoms with Gasteiger partial charge in [0.15, 0.2) is 0 Å². The Labute approximate surface area is 119 Å². The molecule has 0 amide bonds. The number of nitrogens with one attached hydrogen (secondary N) is 1. The number of nitrogens with zero attached hydrogens (tertiary/aromatic N) is 4. The predicted octanol–water partition coefficient (Wildman–Crippen LogP) is 1.45. The lowest BCUT2D eigenvalue weighted by Gasteiger charge is -2.34. The summed E-state index contributed by atoms with van der Waals surface area (Å²) in [6, 6.07) is 0.251. The molecule has 0 radical (unpaired) electrons. The molecule has 0 aromatic rings. The summed E-state index contributed by atoms with van der Waals surface area (Å²) >= 11 is 0. The summed E-state index contributed by atoms with van der Waals surface area (Å²) in [5, 5.41) is 6.93. The van der Waals surface area contributed by atoms with E-state index in [0.717, 1.165) is 38.8 Å². The molecule has 2 saturated heterocycles. The fraction of sp³-hybridized carbons (Fsp3) is 0.923. The van der Waals surface area contributed by atoms with Crippen LogP contribution in [-0.4, -0.2) is 55.2 Å². The van der Waals surface area contributed by atoms with Crippen LogP contribution in [0.2, 0.25) is 0 Å². The second-order valence-electron chi connectivity index (χ2n) is 5.37. The van der Waals surface area contributed by atoms with E-state index in [1.165, 1.54) is 0 Å². The van der Waals surface area contributed by atoms with Gasteiger partial charge in [-0.2, -0.15) is 0 Å². The second kappa shape index (κ2) is 6.92. The largest absolute Gasteiger partial charge is 0.465 e. The van der Waals surface area contributed by atoms with Gasteiger partial charge in [-0.05, 0) is 51.2 Å². The smallest absolute Gasteiger partial charge is 0.328 e. The van der Waals surface area contributed by atoms with Crippen LogP contribution in [0, 0.1) is 0 Å². The lowest BCUT2D eigenvalue weighted by Crippen LogP contribution is -2.59. The minimum atomic E-state index is -0.567. The lowest BCUT2D eigenvalue weighted by molar-refractivity contribution is -0.152. The Morgan fingerprint density at radius 3 is 3.20 bits per heavy atom. The SMILES string of the molecule is CCOC(=O)C1(NCCCN=[N+]=[N-])CCN2CCCC21.